The van der Waals surface area contributed by atoms with Crippen LogP contribution in [-0.2, 0) is 0 Å². The van der Waals surface area contributed by atoms with E-state index in [1.165, 1.54) is 18.5 Å². The summed E-state index contributed by atoms with van der Waals surface area (Å²) in [6, 6.07) is 12.1. The van der Waals surface area contributed by atoms with Crippen molar-refractivity contribution in [3.63, 3.8) is 0 Å². The molecule has 3 nitrogen and oxygen atoms in total. The first-order valence-electron chi connectivity index (χ1n) is 7.91. The summed E-state index contributed by atoms with van der Waals surface area (Å²) in [5, 5.41) is 3.61. The molecule has 2 unspecified atom stereocenters. The molecule has 0 aromatic heterocycles. The Labute approximate surface area is 124 Å². The maximum Gasteiger partial charge on any atom is 0.0476 e. The molecule has 0 bridgehead atoms. The Morgan fingerprint density at radius 2 is 2.00 bits per heavy atom. The lowest BCUT2D eigenvalue weighted by Crippen LogP contribution is -2.49. The van der Waals surface area contributed by atoms with Crippen molar-refractivity contribution >= 4 is 0 Å². The van der Waals surface area contributed by atoms with Crippen LogP contribution in [0.2, 0.25) is 0 Å². The van der Waals surface area contributed by atoms with Gasteiger partial charge in [-0.25, -0.2) is 0 Å². The SMILES string of the molecule is CCC(C)NCCN1CCN(C)CC1c1ccccc1. The molecule has 3 heteroatoms. The lowest BCUT2D eigenvalue weighted by molar-refractivity contribution is 0.0900. The van der Waals surface area contributed by atoms with E-state index in [-0.39, 0.29) is 0 Å². The number of benzene rings is 1. The quantitative estimate of drug-likeness (QED) is 0.860. The van der Waals surface area contributed by atoms with Gasteiger partial charge in [0.1, 0.15) is 0 Å². The van der Waals surface area contributed by atoms with Crippen molar-refractivity contribution in [3.8, 4) is 0 Å². The van der Waals surface area contributed by atoms with E-state index < -0.39 is 0 Å². The van der Waals surface area contributed by atoms with Crippen molar-refractivity contribution in [1.29, 1.82) is 0 Å². The van der Waals surface area contributed by atoms with Crippen LogP contribution < -0.4 is 5.32 Å². The lowest BCUT2D eigenvalue weighted by atomic mass is 10.0. The van der Waals surface area contributed by atoms with E-state index in [0.29, 0.717) is 12.1 Å². The van der Waals surface area contributed by atoms with E-state index in [2.05, 4.69) is 66.3 Å². The molecule has 1 aromatic carbocycles. The molecular weight excluding hydrogens is 246 g/mol. The second-order valence-electron chi connectivity index (χ2n) is 5.99. The molecule has 1 saturated heterocycles. The van der Waals surface area contributed by atoms with Gasteiger partial charge in [-0.05, 0) is 26.0 Å². The average Bonchev–Trinajstić information content (AvgIpc) is 2.49. The van der Waals surface area contributed by atoms with E-state index in [0.717, 1.165) is 26.2 Å². The van der Waals surface area contributed by atoms with Gasteiger partial charge < -0.3 is 10.2 Å². The van der Waals surface area contributed by atoms with Crippen molar-refractivity contribution < 1.29 is 0 Å². The third-order valence-corrected chi connectivity index (χ3v) is 4.38. The molecule has 0 radical (unpaired) electrons. The Hall–Kier alpha value is -0.900. The molecule has 1 aliphatic rings. The summed E-state index contributed by atoms with van der Waals surface area (Å²) < 4.78 is 0. The summed E-state index contributed by atoms with van der Waals surface area (Å²) in [6.45, 7) is 10.2. The minimum atomic E-state index is 0.536. The Morgan fingerprint density at radius 1 is 1.25 bits per heavy atom. The van der Waals surface area contributed by atoms with Crippen LogP contribution in [0.25, 0.3) is 0 Å². The van der Waals surface area contributed by atoms with Crippen LogP contribution in [0.1, 0.15) is 31.9 Å². The van der Waals surface area contributed by atoms with Crippen LogP contribution in [0.4, 0.5) is 0 Å². The molecule has 0 aliphatic carbocycles. The normalized spacial score (nSPS) is 22.9. The third-order valence-electron chi connectivity index (χ3n) is 4.38. The fraction of sp³-hybridized carbons (Fsp3) is 0.647. The molecule has 1 heterocycles. The molecule has 1 fully saturated rings. The summed E-state index contributed by atoms with van der Waals surface area (Å²) in [6.07, 6.45) is 1.20. The lowest BCUT2D eigenvalue weighted by Gasteiger charge is -2.40. The van der Waals surface area contributed by atoms with Crippen molar-refractivity contribution in [3.05, 3.63) is 35.9 Å². The van der Waals surface area contributed by atoms with E-state index in [4.69, 9.17) is 0 Å². The van der Waals surface area contributed by atoms with Gasteiger partial charge in [-0.15, -0.1) is 0 Å². The summed E-state index contributed by atoms with van der Waals surface area (Å²) in [4.78, 5) is 5.07. The fourth-order valence-electron chi connectivity index (χ4n) is 2.81. The van der Waals surface area contributed by atoms with Gasteiger partial charge in [-0.1, -0.05) is 37.3 Å². The first-order chi connectivity index (χ1) is 9.70. The van der Waals surface area contributed by atoms with Gasteiger partial charge >= 0.3 is 0 Å². The summed E-state index contributed by atoms with van der Waals surface area (Å²) in [5.41, 5.74) is 1.45. The van der Waals surface area contributed by atoms with Crippen LogP contribution in [0.3, 0.4) is 0 Å². The standard InChI is InChI=1S/C17H29N3/c1-4-15(2)18-10-11-20-13-12-19(3)14-17(20)16-8-6-5-7-9-16/h5-9,15,17-18H,4,10-14H2,1-3H3. The molecule has 0 amide bonds. The Morgan fingerprint density at radius 3 is 2.70 bits per heavy atom. The van der Waals surface area contributed by atoms with Crippen LogP contribution in [0.15, 0.2) is 30.3 Å². The maximum atomic E-state index is 3.61. The highest BCUT2D eigenvalue weighted by Crippen LogP contribution is 2.24. The molecule has 2 atom stereocenters. The predicted octanol–water partition coefficient (Wildman–Crippen LogP) is 2.36. The number of rotatable bonds is 6. The molecule has 1 N–H and O–H groups in total. The molecule has 112 valence electrons. The highest BCUT2D eigenvalue weighted by atomic mass is 15.3. The van der Waals surface area contributed by atoms with Gasteiger partial charge in [0.25, 0.3) is 0 Å². The molecular formula is C17H29N3. The highest BCUT2D eigenvalue weighted by molar-refractivity contribution is 5.20. The number of nitrogens with one attached hydrogen (secondary N) is 1. The average molecular weight is 275 g/mol. The smallest absolute Gasteiger partial charge is 0.0476 e. The first kappa shape index (κ1) is 15.5. The second kappa shape index (κ2) is 7.77. The van der Waals surface area contributed by atoms with Gasteiger partial charge in [0.15, 0.2) is 0 Å². The van der Waals surface area contributed by atoms with Crippen LogP contribution in [0, 0.1) is 0 Å². The van der Waals surface area contributed by atoms with Crippen molar-refractivity contribution in [2.45, 2.75) is 32.4 Å². The molecule has 20 heavy (non-hydrogen) atoms. The third kappa shape index (κ3) is 4.30. The van der Waals surface area contributed by atoms with Gasteiger partial charge in [0.2, 0.25) is 0 Å². The Bertz CT molecular complexity index is 379. The van der Waals surface area contributed by atoms with Gasteiger partial charge in [0, 0.05) is 44.8 Å². The Balaban J connectivity index is 1.94. The van der Waals surface area contributed by atoms with E-state index >= 15 is 0 Å². The fourth-order valence-corrected chi connectivity index (χ4v) is 2.81. The van der Waals surface area contributed by atoms with Crippen LogP contribution in [-0.4, -0.2) is 55.6 Å². The minimum absolute atomic E-state index is 0.536. The zero-order valence-electron chi connectivity index (χ0n) is 13.2. The first-order valence-corrected chi connectivity index (χ1v) is 7.91. The predicted molar refractivity (Wildman–Crippen MR) is 86.0 cm³/mol. The number of hydrogen-bond acceptors (Lipinski definition) is 3. The molecule has 0 saturated carbocycles. The highest BCUT2D eigenvalue weighted by Gasteiger charge is 2.25. The van der Waals surface area contributed by atoms with E-state index in [1.54, 1.807) is 0 Å². The van der Waals surface area contributed by atoms with Gasteiger partial charge in [0.05, 0.1) is 0 Å². The maximum absolute atomic E-state index is 3.61. The topological polar surface area (TPSA) is 18.5 Å². The summed E-state index contributed by atoms with van der Waals surface area (Å²) >= 11 is 0. The monoisotopic (exact) mass is 275 g/mol. The largest absolute Gasteiger partial charge is 0.313 e. The van der Waals surface area contributed by atoms with E-state index in [1.807, 2.05) is 0 Å². The van der Waals surface area contributed by atoms with Crippen molar-refractivity contribution in [2.75, 3.05) is 39.8 Å². The number of nitrogens with zero attached hydrogens (tertiary/aromatic N) is 2. The molecule has 2 rings (SSSR count). The number of likely N-dealkylation sites (N-methyl/N-ethyl adjacent to an activating group) is 1. The molecule has 1 aromatic rings. The number of piperazine rings is 1. The zero-order chi connectivity index (χ0) is 14.4. The molecule has 1 aliphatic heterocycles. The number of hydrogen-bond donors (Lipinski definition) is 1. The summed E-state index contributed by atoms with van der Waals surface area (Å²) in [7, 11) is 2.23. The second-order valence-corrected chi connectivity index (χ2v) is 5.99. The van der Waals surface area contributed by atoms with Gasteiger partial charge in [-0.3, -0.25) is 4.90 Å². The minimum Gasteiger partial charge on any atom is -0.313 e. The van der Waals surface area contributed by atoms with Crippen molar-refractivity contribution in [1.82, 2.24) is 15.1 Å². The molecule has 0 spiro atoms. The Kier molecular flexibility index (Phi) is 6.02. The van der Waals surface area contributed by atoms with Crippen LogP contribution in [0.5, 0.6) is 0 Å². The van der Waals surface area contributed by atoms with E-state index in [9.17, 15) is 0 Å². The summed E-state index contributed by atoms with van der Waals surface area (Å²) in [5.74, 6) is 0. The van der Waals surface area contributed by atoms with Gasteiger partial charge in [-0.2, -0.15) is 0 Å². The van der Waals surface area contributed by atoms with Crippen LogP contribution >= 0.6 is 0 Å². The zero-order valence-corrected chi connectivity index (χ0v) is 13.2. The van der Waals surface area contributed by atoms with Crippen molar-refractivity contribution in [2.24, 2.45) is 0 Å².